The molecule has 0 spiro atoms. The van der Waals surface area contributed by atoms with Crippen LogP contribution >= 0.6 is 0 Å². The fraction of sp³-hybridized carbons (Fsp3) is 0.435. The molecule has 1 atom stereocenters. The van der Waals surface area contributed by atoms with Crippen molar-refractivity contribution in [1.29, 1.82) is 0 Å². The monoisotopic (exact) mass is 398 g/mol. The molecule has 1 aliphatic rings. The second-order valence-corrected chi connectivity index (χ2v) is 7.11. The minimum absolute atomic E-state index is 0.0266. The van der Waals surface area contributed by atoms with Gasteiger partial charge in [-0.3, -0.25) is 0 Å². The van der Waals surface area contributed by atoms with Crippen molar-refractivity contribution in [3.63, 3.8) is 0 Å². The van der Waals surface area contributed by atoms with E-state index in [-0.39, 0.29) is 12.1 Å². The average Bonchev–Trinajstić information content (AvgIpc) is 2.77. The molecule has 1 unspecified atom stereocenters. The summed E-state index contributed by atoms with van der Waals surface area (Å²) in [5.74, 6) is 1.42. The summed E-state index contributed by atoms with van der Waals surface area (Å²) in [6.45, 7) is 1.66. The molecule has 29 heavy (non-hydrogen) atoms. The Morgan fingerprint density at radius 3 is 2.52 bits per heavy atom. The zero-order chi connectivity index (χ0) is 20.6. The van der Waals surface area contributed by atoms with Gasteiger partial charge in [-0.25, -0.2) is 4.79 Å². The molecule has 0 bridgehead atoms. The fourth-order valence-corrected chi connectivity index (χ4v) is 3.89. The molecule has 0 saturated heterocycles. The Morgan fingerprint density at radius 1 is 1.10 bits per heavy atom. The summed E-state index contributed by atoms with van der Waals surface area (Å²) in [5.41, 5.74) is 3.60. The van der Waals surface area contributed by atoms with Crippen molar-refractivity contribution in [1.82, 2.24) is 10.2 Å². The van der Waals surface area contributed by atoms with E-state index in [1.54, 1.807) is 21.3 Å². The molecule has 0 saturated carbocycles. The molecule has 6 heteroatoms. The van der Waals surface area contributed by atoms with E-state index in [1.807, 2.05) is 35.2 Å². The number of rotatable bonds is 8. The predicted molar refractivity (Wildman–Crippen MR) is 113 cm³/mol. The number of aryl methyl sites for hydroxylation is 1. The quantitative estimate of drug-likeness (QED) is 0.691. The molecule has 1 N–H and O–H groups in total. The van der Waals surface area contributed by atoms with Gasteiger partial charge in [0.1, 0.15) is 0 Å². The number of hydrogen-bond acceptors (Lipinski definition) is 4. The molecular weight excluding hydrogens is 368 g/mol. The van der Waals surface area contributed by atoms with Gasteiger partial charge in [-0.15, -0.1) is 0 Å². The van der Waals surface area contributed by atoms with Crippen molar-refractivity contribution in [2.45, 2.75) is 25.3 Å². The van der Waals surface area contributed by atoms with E-state index in [9.17, 15) is 4.79 Å². The van der Waals surface area contributed by atoms with Gasteiger partial charge in [0.05, 0.1) is 26.9 Å². The molecule has 0 aliphatic carbocycles. The number of ether oxygens (including phenoxy) is 3. The standard InChI is InChI=1S/C23H30N2O4/c1-27-14-12-24-23(26)25-13-11-18-15-21(28-2)22(29-3)16-19(18)20(25)10-9-17-7-5-4-6-8-17/h4-8,15-16,20H,9-14H2,1-3H3,(H,24,26). The van der Waals surface area contributed by atoms with Gasteiger partial charge in [0.25, 0.3) is 0 Å². The lowest BCUT2D eigenvalue weighted by Gasteiger charge is -2.38. The summed E-state index contributed by atoms with van der Waals surface area (Å²) in [7, 11) is 4.92. The minimum Gasteiger partial charge on any atom is -0.493 e. The third kappa shape index (κ3) is 5.01. The van der Waals surface area contributed by atoms with Crippen molar-refractivity contribution in [3.8, 4) is 11.5 Å². The van der Waals surface area contributed by atoms with E-state index in [0.717, 1.165) is 30.6 Å². The number of methoxy groups -OCH3 is 3. The number of amides is 2. The largest absolute Gasteiger partial charge is 0.493 e. The summed E-state index contributed by atoms with van der Waals surface area (Å²) in [4.78, 5) is 14.8. The number of nitrogens with zero attached hydrogens (tertiary/aromatic N) is 1. The highest BCUT2D eigenvalue weighted by Crippen LogP contribution is 2.39. The molecule has 3 rings (SSSR count). The van der Waals surface area contributed by atoms with Crippen molar-refractivity contribution in [2.24, 2.45) is 0 Å². The van der Waals surface area contributed by atoms with Crippen molar-refractivity contribution < 1.29 is 19.0 Å². The third-order valence-electron chi connectivity index (χ3n) is 5.40. The summed E-state index contributed by atoms with van der Waals surface area (Å²) in [6, 6.07) is 14.4. The normalized spacial score (nSPS) is 15.6. The smallest absolute Gasteiger partial charge is 0.318 e. The number of urea groups is 1. The van der Waals surface area contributed by atoms with E-state index in [1.165, 1.54) is 11.1 Å². The van der Waals surface area contributed by atoms with Crippen LogP contribution in [0.1, 0.15) is 29.2 Å². The number of carbonyl (C=O) groups excluding carboxylic acids is 1. The summed E-state index contributed by atoms with van der Waals surface area (Å²) < 4.78 is 16.1. The van der Waals surface area contributed by atoms with Gasteiger partial charge in [-0.05, 0) is 48.1 Å². The van der Waals surface area contributed by atoms with Gasteiger partial charge in [0, 0.05) is 20.2 Å². The Kier molecular flexibility index (Phi) is 7.36. The first-order valence-corrected chi connectivity index (χ1v) is 10.00. The van der Waals surface area contributed by atoms with Crippen molar-refractivity contribution >= 4 is 6.03 Å². The maximum absolute atomic E-state index is 12.9. The van der Waals surface area contributed by atoms with Gasteiger partial charge >= 0.3 is 6.03 Å². The van der Waals surface area contributed by atoms with Gasteiger partial charge in [0.15, 0.2) is 11.5 Å². The second-order valence-electron chi connectivity index (χ2n) is 7.11. The number of fused-ring (bicyclic) bond motifs is 1. The van der Waals surface area contributed by atoms with Crippen LogP contribution < -0.4 is 14.8 Å². The lowest BCUT2D eigenvalue weighted by atomic mass is 9.88. The average molecular weight is 399 g/mol. The highest BCUT2D eigenvalue weighted by atomic mass is 16.5. The first kappa shape index (κ1) is 21.0. The molecule has 0 radical (unpaired) electrons. The molecule has 156 valence electrons. The van der Waals surface area contributed by atoms with Crippen LogP contribution in [0.2, 0.25) is 0 Å². The molecule has 0 aromatic heterocycles. The maximum atomic E-state index is 12.9. The molecular formula is C23H30N2O4. The van der Waals surface area contributed by atoms with Gasteiger partial charge in [0.2, 0.25) is 0 Å². The van der Waals surface area contributed by atoms with Gasteiger partial charge in [-0.2, -0.15) is 0 Å². The summed E-state index contributed by atoms with van der Waals surface area (Å²) >= 11 is 0. The topological polar surface area (TPSA) is 60.0 Å². The molecule has 2 amide bonds. The highest BCUT2D eigenvalue weighted by molar-refractivity contribution is 5.75. The zero-order valence-electron chi connectivity index (χ0n) is 17.4. The number of benzene rings is 2. The first-order chi connectivity index (χ1) is 14.2. The minimum atomic E-state index is -0.0550. The molecule has 1 heterocycles. The second kappa shape index (κ2) is 10.2. The molecule has 2 aromatic carbocycles. The van der Waals surface area contributed by atoms with Crippen molar-refractivity contribution in [3.05, 3.63) is 59.2 Å². The Hall–Kier alpha value is -2.73. The van der Waals surface area contributed by atoms with Gasteiger partial charge in [-0.1, -0.05) is 30.3 Å². The molecule has 2 aromatic rings. The van der Waals surface area contributed by atoms with Crippen LogP contribution in [0.3, 0.4) is 0 Å². The van der Waals surface area contributed by atoms with E-state index >= 15 is 0 Å². The summed E-state index contributed by atoms with van der Waals surface area (Å²) in [6.07, 6.45) is 2.51. The van der Waals surface area contributed by atoms with Crippen LogP contribution in [0, 0.1) is 0 Å². The van der Waals surface area contributed by atoms with Crippen LogP contribution in [0.25, 0.3) is 0 Å². The SMILES string of the molecule is COCCNC(=O)N1CCc2cc(OC)c(OC)cc2C1CCc1ccccc1. The van der Waals surface area contributed by atoms with E-state index in [4.69, 9.17) is 14.2 Å². The van der Waals surface area contributed by atoms with E-state index in [2.05, 4.69) is 17.4 Å². The number of nitrogens with one attached hydrogen (secondary N) is 1. The zero-order valence-corrected chi connectivity index (χ0v) is 17.4. The number of carbonyl (C=O) groups is 1. The Morgan fingerprint density at radius 2 is 1.83 bits per heavy atom. The summed E-state index contributed by atoms with van der Waals surface area (Å²) in [5, 5.41) is 2.97. The van der Waals surface area contributed by atoms with Crippen LogP contribution in [0.15, 0.2) is 42.5 Å². The highest BCUT2D eigenvalue weighted by Gasteiger charge is 2.31. The van der Waals surface area contributed by atoms with Crippen LogP contribution in [0.4, 0.5) is 4.79 Å². The lowest BCUT2D eigenvalue weighted by Crippen LogP contribution is -2.46. The van der Waals surface area contributed by atoms with Gasteiger partial charge < -0.3 is 24.4 Å². The van der Waals surface area contributed by atoms with Crippen molar-refractivity contribution in [2.75, 3.05) is 41.0 Å². The first-order valence-electron chi connectivity index (χ1n) is 10.00. The maximum Gasteiger partial charge on any atom is 0.318 e. The van der Waals surface area contributed by atoms with Crippen LogP contribution in [-0.2, 0) is 17.6 Å². The van der Waals surface area contributed by atoms with E-state index in [0.29, 0.717) is 25.4 Å². The van der Waals surface area contributed by atoms with Crippen LogP contribution in [-0.4, -0.2) is 52.0 Å². The Bertz CT molecular complexity index is 810. The van der Waals surface area contributed by atoms with Crippen LogP contribution in [0.5, 0.6) is 11.5 Å². The lowest BCUT2D eigenvalue weighted by molar-refractivity contribution is 0.156. The van der Waals surface area contributed by atoms with E-state index < -0.39 is 0 Å². The molecule has 0 fully saturated rings. The molecule has 6 nitrogen and oxygen atoms in total. The predicted octanol–water partition coefficient (Wildman–Crippen LogP) is 3.59. The fourth-order valence-electron chi connectivity index (χ4n) is 3.89. The Balaban J connectivity index is 1.88. The Labute approximate surface area is 172 Å². The number of hydrogen-bond donors (Lipinski definition) is 1. The third-order valence-corrected chi connectivity index (χ3v) is 5.40. The molecule has 1 aliphatic heterocycles.